The highest BCUT2D eigenvalue weighted by Crippen LogP contribution is 2.37. The van der Waals surface area contributed by atoms with E-state index in [9.17, 15) is 14.3 Å². The zero-order chi connectivity index (χ0) is 15.5. The first kappa shape index (κ1) is 15.3. The lowest BCUT2D eigenvalue weighted by Crippen LogP contribution is -2.49. The molecule has 0 atom stereocenters. The molecule has 2 N–H and O–H groups in total. The number of nitrogens with one attached hydrogen (secondary N) is 1. The van der Waals surface area contributed by atoms with Crippen molar-refractivity contribution in [3.8, 4) is 6.07 Å². The second-order valence-electron chi connectivity index (χ2n) is 5.64. The summed E-state index contributed by atoms with van der Waals surface area (Å²) in [6, 6.07) is 6.03. The second kappa shape index (κ2) is 6.13. The molecule has 1 aliphatic rings. The molecule has 1 fully saturated rings. The van der Waals surface area contributed by atoms with Gasteiger partial charge in [-0.05, 0) is 43.7 Å². The Bertz CT molecular complexity index is 572. The van der Waals surface area contributed by atoms with Crippen LogP contribution in [0.5, 0.6) is 0 Å². The first-order chi connectivity index (χ1) is 10.0. The van der Waals surface area contributed by atoms with Crippen molar-refractivity contribution in [3.05, 3.63) is 29.6 Å². The van der Waals surface area contributed by atoms with Crippen molar-refractivity contribution in [2.24, 2.45) is 5.92 Å². The summed E-state index contributed by atoms with van der Waals surface area (Å²) in [5.41, 5.74) is -0.976. The number of carbonyl (C=O) groups is 1. The first-order valence-corrected chi connectivity index (χ1v) is 7.22. The van der Waals surface area contributed by atoms with Crippen LogP contribution in [0.1, 0.15) is 44.6 Å². The van der Waals surface area contributed by atoms with Crippen LogP contribution in [0.25, 0.3) is 0 Å². The minimum Gasteiger partial charge on any atom is -0.480 e. The lowest BCUT2D eigenvalue weighted by atomic mass is 9.75. The van der Waals surface area contributed by atoms with E-state index in [0.29, 0.717) is 18.8 Å². The van der Waals surface area contributed by atoms with Crippen LogP contribution in [-0.4, -0.2) is 16.6 Å². The van der Waals surface area contributed by atoms with Crippen molar-refractivity contribution in [1.82, 2.24) is 0 Å². The smallest absolute Gasteiger partial charge is 0.329 e. The summed E-state index contributed by atoms with van der Waals surface area (Å²) in [7, 11) is 0. The van der Waals surface area contributed by atoms with E-state index in [1.165, 1.54) is 12.1 Å². The maximum atomic E-state index is 13.6. The predicted octanol–water partition coefficient (Wildman–Crippen LogP) is 3.53. The van der Waals surface area contributed by atoms with Crippen molar-refractivity contribution in [1.29, 1.82) is 5.26 Å². The summed E-state index contributed by atoms with van der Waals surface area (Å²) in [5, 5.41) is 21.6. The number of hydrogen-bond donors (Lipinski definition) is 2. The molecule has 112 valence electrons. The molecule has 0 heterocycles. The van der Waals surface area contributed by atoms with Gasteiger partial charge >= 0.3 is 5.97 Å². The van der Waals surface area contributed by atoms with Gasteiger partial charge in [-0.25, -0.2) is 9.18 Å². The number of rotatable bonds is 4. The molecule has 0 amide bonds. The lowest BCUT2D eigenvalue weighted by Gasteiger charge is -2.38. The number of aliphatic carboxylic acids is 1. The third kappa shape index (κ3) is 2.99. The largest absolute Gasteiger partial charge is 0.480 e. The Labute approximate surface area is 123 Å². The molecule has 0 spiro atoms. The minimum atomic E-state index is -1.11. The average Bonchev–Trinajstić information content (AvgIpc) is 2.48. The fourth-order valence-electron chi connectivity index (χ4n) is 2.97. The molecule has 0 aliphatic heterocycles. The van der Waals surface area contributed by atoms with Gasteiger partial charge in [0.2, 0.25) is 0 Å². The highest BCUT2D eigenvalue weighted by atomic mass is 19.1. The van der Waals surface area contributed by atoms with E-state index in [4.69, 9.17) is 5.26 Å². The van der Waals surface area contributed by atoms with Gasteiger partial charge in [0.05, 0.1) is 5.69 Å². The minimum absolute atomic E-state index is 0.129. The van der Waals surface area contributed by atoms with Crippen LogP contribution in [0.3, 0.4) is 0 Å². The average molecular weight is 290 g/mol. The van der Waals surface area contributed by atoms with Crippen molar-refractivity contribution in [2.45, 2.75) is 44.6 Å². The Morgan fingerprint density at radius 2 is 2.19 bits per heavy atom. The SMILES string of the molecule is CCC1CCC(Nc2cccc(F)c2C#N)(C(=O)O)CC1. The summed E-state index contributed by atoms with van der Waals surface area (Å²) in [6.45, 7) is 2.10. The van der Waals surface area contributed by atoms with E-state index in [1.54, 1.807) is 12.1 Å². The molecule has 0 radical (unpaired) electrons. The van der Waals surface area contributed by atoms with Gasteiger partial charge in [0.25, 0.3) is 0 Å². The van der Waals surface area contributed by atoms with Crippen LogP contribution in [0.2, 0.25) is 0 Å². The third-order valence-electron chi connectivity index (χ3n) is 4.44. The zero-order valence-corrected chi connectivity index (χ0v) is 12.0. The van der Waals surface area contributed by atoms with Gasteiger partial charge in [0.1, 0.15) is 23.0 Å². The maximum absolute atomic E-state index is 13.6. The van der Waals surface area contributed by atoms with Gasteiger partial charge in [-0.1, -0.05) is 19.4 Å². The number of carboxylic acid groups (broad SMARTS) is 1. The molecule has 2 rings (SSSR count). The number of hydrogen-bond acceptors (Lipinski definition) is 3. The number of benzene rings is 1. The number of halogens is 1. The van der Waals surface area contributed by atoms with Crippen molar-refractivity contribution >= 4 is 11.7 Å². The highest BCUT2D eigenvalue weighted by Gasteiger charge is 2.42. The van der Waals surface area contributed by atoms with Gasteiger partial charge in [-0.15, -0.1) is 0 Å². The topological polar surface area (TPSA) is 73.1 Å². The molecular formula is C16H19FN2O2. The maximum Gasteiger partial charge on any atom is 0.329 e. The van der Waals surface area contributed by atoms with Gasteiger partial charge in [-0.3, -0.25) is 0 Å². The predicted molar refractivity (Wildman–Crippen MR) is 77.4 cm³/mol. The van der Waals surface area contributed by atoms with E-state index in [-0.39, 0.29) is 11.3 Å². The number of nitriles is 1. The van der Waals surface area contributed by atoms with Crippen LogP contribution in [-0.2, 0) is 4.79 Å². The Morgan fingerprint density at radius 1 is 1.52 bits per heavy atom. The fraction of sp³-hybridized carbons (Fsp3) is 0.500. The molecule has 1 aromatic rings. The summed E-state index contributed by atoms with van der Waals surface area (Å²) < 4.78 is 13.6. The van der Waals surface area contributed by atoms with Crippen molar-refractivity contribution in [3.63, 3.8) is 0 Å². The third-order valence-corrected chi connectivity index (χ3v) is 4.44. The molecule has 4 nitrogen and oxygen atoms in total. The second-order valence-corrected chi connectivity index (χ2v) is 5.64. The number of nitrogens with zero attached hydrogens (tertiary/aromatic N) is 1. The lowest BCUT2D eigenvalue weighted by molar-refractivity contribution is -0.143. The van der Waals surface area contributed by atoms with Crippen LogP contribution in [0.4, 0.5) is 10.1 Å². The number of anilines is 1. The van der Waals surface area contributed by atoms with Gasteiger partial charge in [-0.2, -0.15) is 5.26 Å². The quantitative estimate of drug-likeness (QED) is 0.889. The molecule has 0 bridgehead atoms. The molecule has 21 heavy (non-hydrogen) atoms. The first-order valence-electron chi connectivity index (χ1n) is 7.22. The monoisotopic (exact) mass is 290 g/mol. The Hall–Kier alpha value is -2.09. The van der Waals surface area contributed by atoms with Crippen molar-refractivity contribution < 1.29 is 14.3 Å². The van der Waals surface area contributed by atoms with Crippen LogP contribution in [0.15, 0.2) is 18.2 Å². The Morgan fingerprint density at radius 3 is 2.71 bits per heavy atom. The van der Waals surface area contributed by atoms with E-state index in [2.05, 4.69) is 12.2 Å². The van der Waals surface area contributed by atoms with Gasteiger partial charge < -0.3 is 10.4 Å². The van der Waals surface area contributed by atoms with E-state index < -0.39 is 17.3 Å². The molecule has 0 aromatic heterocycles. The van der Waals surface area contributed by atoms with Crippen LogP contribution in [0, 0.1) is 23.1 Å². The van der Waals surface area contributed by atoms with E-state index in [0.717, 1.165) is 19.3 Å². The van der Waals surface area contributed by atoms with E-state index >= 15 is 0 Å². The zero-order valence-electron chi connectivity index (χ0n) is 12.0. The molecule has 1 aliphatic carbocycles. The van der Waals surface area contributed by atoms with Crippen LogP contribution >= 0.6 is 0 Å². The summed E-state index contributed by atoms with van der Waals surface area (Å²) in [4.78, 5) is 11.7. The van der Waals surface area contributed by atoms with Crippen LogP contribution < -0.4 is 5.32 Å². The van der Waals surface area contributed by atoms with Crippen molar-refractivity contribution in [2.75, 3.05) is 5.32 Å². The standard InChI is InChI=1S/C16H19FN2O2/c1-2-11-6-8-16(9-7-11,15(20)21)19-14-5-3-4-13(17)12(14)10-18/h3-5,11,19H,2,6-9H2,1H3,(H,20,21). The molecule has 1 aromatic carbocycles. The normalized spacial score (nSPS) is 25.1. The Balaban J connectivity index is 2.29. The molecule has 0 unspecified atom stereocenters. The summed E-state index contributed by atoms with van der Waals surface area (Å²) in [6.07, 6.45) is 3.67. The molecule has 5 heteroatoms. The number of carboxylic acids is 1. The molecule has 1 saturated carbocycles. The molecular weight excluding hydrogens is 271 g/mol. The van der Waals surface area contributed by atoms with Gasteiger partial charge in [0.15, 0.2) is 0 Å². The summed E-state index contributed by atoms with van der Waals surface area (Å²) >= 11 is 0. The summed E-state index contributed by atoms with van der Waals surface area (Å²) in [5.74, 6) is -1.03. The highest BCUT2D eigenvalue weighted by molar-refractivity contribution is 5.83. The fourth-order valence-corrected chi connectivity index (χ4v) is 2.97. The molecule has 0 saturated heterocycles. The Kier molecular flexibility index (Phi) is 4.46. The van der Waals surface area contributed by atoms with E-state index in [1.807, 2.05) is 0 Å². The van der Waals surface area contributed by atoms with Gasteiger partial charge in [0, 0.05) is 0 Å².